The van der Waals surface area contributed by atoms with Gasteiger partial charge in [0, 0.05) is 9.61 Å². The van der Waals surface area contributed by atoms with Crippen LogP contribution in [0.15, 0.2) is 24.3 Å². The van der Waals surface area contributed by atoms with E-state index in [1.807, 2.05) is 24.3 Å². The maximum atomic E-state index is 12.5. The molecule has 2 amide bonds. The van der Waals surface area contributed by atoms with Crippen LogP contribution in [0, 0.1) is 3.57 Å². The van der Waals surface area contributed by atoms with Crippen molar-refractivity contribution in [3.63, 3.8) is 0 Å². The summed E-state index contributed by atoms with van der Waals surface area (Å²) in [5, 5.41) is 3.40. The lowest BCUT2D eigenvalue weighted by molar-refractivity contribution is -0.121. The van der Waals surface area contributed by atoms with Crippen LogP contribution in [-0.2, 0) is 9.59 Å². The Hall–Kier alpha value is -0.950. The molecule has 1 aromatic rings. The van der Waals surface area contributed by atoms with E-state index in [4.69, 9.17) is 0 Å². The van der Waals surface area contributed by atoms with Crippen LogP contribution in [0.5, 0.6) is 0 Å². The molecule has 2 fully saturated rings. The summed E-state index contributed by atoms with van der Waals surface area (Å²) in [6.45, 7) is 0. The predicted octanol–water partition coefficient (Wildman–Crippen LogP) is 2.85. The maximum absolute atomic E-state index is 12.5. The van der Waals surface area contributed by atoms with Crippen LogP contribution < -0.4 is 10.2 Å². The van der Waals surface area contributed by atoms with Gasteiger partial charge >= 0.3 is 0 Å². The Morgan fingerprint density at radius 1 is 1.05 bits per heavy atom. The molecule has 1 atom stereocenters. The summed E-state index contributed by atoms with van der Waals surface area (Å²) in [5.74, 6) is -0.207. The van der Waals surface area contributed by atoms with Gasteiger partial charge in [-0.25, -0.2) is 4.90 Å². The van der Waals surface area contributed by atoms with Gasteiger partial charge in [-0.1, -0.05) is 19.3 Å². The van der Waals surface area contributed by atoms with Crippen molar-refractivity contribution >= 4 is 40.1 Å². The number of nitrogens with zero attached hydrogens (tertiary/aromatic N) is 1. The van der Waals surface area contributed by atoms with E-state index in [-0.39, 0.29) is 24.3 Å². The number of carbonyl (C=O) groups is 2. The third kappa shape index (κ3) is 3.29. The molecule has 0 spiro atoms. The summed E-state index contributed by atoms with van der Waals surface area (Å²) in [6, 6.07) is 7.54. The number of nitrogens with one attached hydrogen (secondary N) is 1. The van der Waals surface area contributed by atoms with Crippen LogP contribution in [-0.4, -0.2) is 23.9 Å². The quantitative estimate of drug-likeness (QED) is 0.630. The first-order valence-corrected chi connectivity index (χ1v) is 8.61. The van der Waals surface area contributed by atoms with Gasteiger partial charge in [0.1, 0.15) is 0 Å². The van der Waals surface area contributed by atoms with Crippen LogP contribution in [0.4, 0.5) is 5.69 Å². The van der Waals surface area contributed by atoms with E-state index in [0.717, 1.165) is 16.4 Å². The van der Waals surface area contributed by atoms with E-state index in [1.165, 1.54) is 24.2 Å². The fourth-order valence-corrected chi connectivity index (χ4v) is 3.54. The first-order chi connectivity index (χ1) is 10.1. The Morgan fingerprint density at radius 2 is 1.71 bits per heavy atom. The molecule has 0 aromatic heterocycles. The summed E-state index contributed by atoms with van der Waals surface area (Å²) in [6.07, 6.45) is 6.22. The molecule has 5 heteroatoms. The highest BCUT2D eigenvalue weighted by atomic mass is 127. The number of carbonyl (C=O) groups excluding carboxylic acids is 2. The summed E-state index contributed by atoms with van der Waals surface area (Å²) in [5.41, 5.74) is 0.679. The minimum Gasteiger partial charge on any atom is -0.303 e. The van der Waals surface area contributed by atoms with Crippen molar-refractivity contribution in [2.75, 3.05) is 4.90 Å². The fourth-order valence-electron chi connectivity index (χ4n) is 3.18. The zero-order valence-electron chi connectivity index (χ0n) is 11.8. The normalized spacial score (nSPS) is 23.9. The van der Waals surface area contributed by atoms with E-state index in [0.29, 0.717) is 11.7 Å². The molecule has 1 saturated heterocycles. The smallest absolute Gasteiger partial charge is 0.251 e. The van der Waals surface area contributed by atoms with Crippen molar-refractivity contribution in [3.8, 4) is 0 Å². The van der Waals surface area contributed by atoms with Crippen molar-refractivity contribution < 1.29 is 9.59 Å². The number of benzene rings is 1. The largest absolute Gasteiger partial charge is 0.303 e. The molecule has 2 aliphatic rings. The van der Waals surface area contributed by atoms with E-state index in [2.05, 4.69) is 27.9 Å². The average Bonchev–Trinajstić information content (AvgIpc) is 2.76. The number of anilines is 1. The molecular formula is C16H19IN2O2. The lowest BCUT2D eigenvalue weighted by Gasteiger charge is -2.25. The number of rotatable bonds is 3. The van der Waals surface area contributed by atoms with Crippen LogP contribution in [0.2, 0.25) is 0 Å². The first kappa shape index (κ1) is 15.0. The van der Waals surface area contributed by atoms with Gasteiger partial charge < -0.3 is 5.32 Å². The van der Waals surface area contributed by atoms with Crippen molar-refractivity contribution in [1.82, 2.24) is 5.32 Å². The number of hydrogen-bond acceptors (Lipinski definition) is 3. The molecule has 1 N–H and O–H groups in total. The molecular weight excluding hydrogens is 379 g/mol. The molecule has 3 rings (SSSR count). The van der Waals surface area contributed by atoms with E-state index >= 15 is 0 Å². The molecule has 4 nitrogen and oxygen atoms in total. The standard InChI is InChI=1S/C16H19IN2O2/c17-11-6-8-13(9-7-11)19-15(20)10-14(16(19)21)18-12-4-2-1-3-5-12/h6-9,12,14,18H,1-5,10H2/t14-/m0/s1. The third-order valence-electron chi connectivity index (χ3n) is 4.27. The fraction of sp³-hybridized carbons (Fsp3) is 0.500. The van der Waals surface area contributed by atoms with Crippen LogP contribution in [0.3, 0.4) is 0 Å². The highest BCUT2D eigenvalue weighted by molar-refractivity contribution is 14.1. The number of amides is 2. The van der Waals surface area contributed by atoms with Gasteiger partial charge in [-0.05, 0) is 59.7 Å². The predicted molar refractivity (Wildman–Crippen MR) is 90.1 cm³/mol. The zero-order chi connectivity index (χ0) is 14.8. The SMILES string of the molecule is O=C1C[C@H](NC2CCCCC2)C(=O)N1c1ccc(I)cc1. The minimum absolute atomic E-state index is 0.102. The second-order valence-corrected chi connectivity index (χ2v) is 7.05. The van der Waals surface area contributed by atoms with Crippen molar-refractivity contribution in [1.29, 1.82) is 0 Å². The number of halogens is 1. The Morgan fingerprint density at radius 3 is 2.38 bits per heavy atom. The topological polar surface area (TPSA) is 49.4 Å². The Bertz CT molecular complexity index is 538. The van der Waals surface area contributed by atoms with Crippen molar-refractivity contribution in [2.24, 2.45) is 0 Å². The highest BCUT2D eigenvalue weighted by Gasteiger charge is 2.40. The molecule has 0 radical (unpaired) electrons. The van der Waals surface area contributed by atoms with Crippen LogP contribution in [0.1, 0.15) is 38.5 Å². The molecule has 1 heterocycles. The Kier molecular flexibility index (Phi) is 4.59. The first-order valence-electron chi connectivity index (χ1n) is 7.53. The van der Waals surface area contributed by atoms with Gasteiger partial charge in [0.2, 0.25) is 5.91 Å². The van der Waals surface area contributed by atoms with Crippen LogP contribution in [0.25, 0.3) is 0 Å². The average molecular weight is 398 g/mol. The van der Waals surface area contributed by atoms with E-state index in [1.54, 1.807) is 0 Å². The summed E-state index contributed by atoms with van der Waals surface area (Å²) < 4.78 is 1.09. The van der Waals surface area contributed by atoms with Gasteiger partial charge in [0.15, 0.2) is 0 Å². The van der Waals surface area contributed by atoms with Gasteiger partial charge in [-0.3, -0.25) is 9.59 Å². The van der Waals surface area contributed by atoms with E-state index < -0.39 is 0 Å². The molecule has 1 saturated carbocycles. The van der Waals surface area contributed by atoms with E-state index in [9.17, 15) is 9.59 Å². The van der Waals surface area contributed by atoms with Gasteiger partial charge in [0.05, 0.1) is 18.2 Å². The Labute approximate surface area is 138 Å². The van der Waals surface area contributed by atoms with Gasteiger partial charge in [0.25, 0.3) is 5.91 Å². The Balaban J connectivity index is 1.71. The lowest BCUT2D eigenvalue weighted by Crippen LogP contribution is -2.44. The lowest BCUT2D eigenvalue weighted by atomic mass is 9.95. The van der Waals surface area contributed by atoms with Crippen molar-refractivity contribution in [2.45, 2.75) is 50.6 Å². The zero-order valence-corrected chi connectivity index (χ0v) is 14.0. The molecule has 0 unspecified atom stereocenters. The molecule has 21 heavy (non-hydrogen) atoms. The van der Waals surface area contributed by atoms with Gasteiger partial charge in [-0.2, -0.15) is 0 Å². The second kappa shape index (κ2) is 6.44. The number of imide groups is 1. The molecule has 1 aromatic carbocycles. The second-order valence-electron chi connectivity index (χ2n) is 5.80. The monoisotopic (exact) mass is 398 g/mol. The molecule has 1 aliphatic heterocycles. The van der Waals surface area contributed by atoms with Gasteiger partial charge in [-0.15, -0.1) is 0 Å². The summed E-state index contributed by atoms with van der Waals surface area (Å²) in [7, 11) is 0. The molecule has 0 bridgehead atoms. The maximum Gasteiger partial charge on any atom is 0.251 e. The summed E-state index contributed by atoms with van der Waals surface area (Å²) in [4.78, 5) is 26.0. The number of hydrogen-bond donors (Lipinski definition) is 1. The van der Waals surface area contributed by atoms with Crippen LogP contribution >= 0.6 is 22.6 Å². The minimum atomic E-state index is -0.347. The molecule has 112 valence electrons. The molecule has 1 aliphatic carbocycles. The highest BCUT2D eigenvalue weighted by Crippen LogP contribution is 2.25. The third-order valence-corrected chi connectivity index (χ3v) is 4.99. The summed E-state index contributed by atoms with van der Waals surface area (Å²) >= 11 is 2.21. The van der Waals surface area contributed by atoms with Crippen molar-refractivity contribution in [3.05, 3.63) is 27.8 Å².